The Bertz CT molecular complexity index is 500. The Morgan fingerprint density at radius 1 is 1.42 bits per heavy atom. The molecule has 1 aromatic heterocycles. The van der Waals surface area contributed by atoms with Crippen LogP contribution < -0.4 is 10.0 Å². The van der Waals surface area contributed by atoms with E-state index in [1.165, 1.54) is 6.20 Å². The van der Waals surface area contributed by atoms with Crippen LogP contribution in [0.2, 0.25) is 0 Å². The van der Waals surface area contributed by atoms with Crippen molar-refractivity contribution in [2.75, 3.05) is 39.3 Å². The minimum absolute atomic E-state index is 0.0906. The number of piperazine rings is 1. The number of aryl methyl sites for hydroxylation is 2. The SMILES string of the molecule is Cc1nc(S(=O)(=O)NCCN2CCNCC2)cn1C. The van der Waals surface area contributed by atoms with Crippen LogP contribution in [0.4, 0.5) is 0 Å². The Kier molecular flexibility index (Phi) is 4.56. The van der Waals surface area contributed by atoms with Crippen LogP contribution in [0.15, 0.2) is 11.2 Å². The minimum atomic E-state index is -3.49. The predicted octanol–water partition coefficient (Wildman–Crippen LogP) is -1.09. The molecule has 1 aliphatic rings. The molecule has 0 amide bonds. The fourth-order valence-corrected chi connectivity index (χ4v) is 3.06. The molecule has 0 unspecified atom stereocenters. The van der Waals surface area contributed by atoms with Crippen molar-refractivity contribution in [1.29, 1.82) is 0 Å². The average molecular weight is 287 g/mol. The number of hydrogen-bond acceptors (Lipinski definition) is 5. The van der Waals surface area contributed by atoms with Crippen LogP contribution in [0.3, 0.4) is 0 Å². The number of rotatable bonds is 5. The summed E-state index contributed by atoms with van der Waals surface area (Å²) in [6.07, 6.45) is 1.53. The summed E-state index contributed by atoms with van der Waals surface area (Å²) in [7, 11) is -1.71. The molecule has 2 rings (SSSR count). The Labute approximate surface area is 114 Å². The number of nitrogens with one attached hydrogen (secondary N) is 2. The van der Waals surface area contributed by atoms with Crippen LogP contribution in [0, 0.1) is 6.92 Å². The van der Waals surface area contributed by atoms with Gasteiger partial charge in [0, 0.05) is 52.5 Å². The molecule has 0 atom stereocenters. The molecule has 0 spiro atoms. The Hall–Kier alpha value is -0.960. The highest BCUT2D eigenvalue weighted by molar-refractivity contribution is 7.89. The summed E-state index contributed by atoms with van der Waals surface area (Å²) in [5, 5.41) is 3.35. The lowest BCUT2D eigenvalue weighted by atomic mass is 10.3. The van der Waals surface area contributed by atoms with Gasteiger partial charge >= 0.3 is 0 Å². The average Bonchev–Trinajstić information content (AvgIpc) is 2.72. The van der Waals surface area contributed by atoms with E-state index in [4.69, 9.17) is 0 Å². The highest BCUT2D eigenvalue weighted by Crippen LogP contribution is 2.07. The Balaban J connectivity index is 1.87. The van der Waals surface area contributed by atoms with Crippen molar-refractivity contribution in [3.63, 3.8) is 0 Å². The van der Waals surface area contributed by atoms with Gasteiger partial charge in [-0.05, 0) is 6.92 Å². The maximum atomic E-state index is 12.0. The molecule has 0 bridgehead atoms. The first-order chi connectivity index (χ1) is 8.99. The van der Waals surface area contributed by atoms with Gasteiger partial charge in [-0.3, -0.25) is 4.90 Å². The predicted molar refractivity (Wildman–Crippen MR) is 72.4 cm³/mol. The molecule has 19 heavy (non-hydrogen) atoms. The Morgan fingerprint density at radius 2 is 2.11 bits per heavy atom. The second kappa shape index (κ2) is 6.00. The van der Waals surface area contributed by atoms with E-state index in [0.29, 0.717) is 12.4 Å². The van der Waals surface area contributed by atoms with Crippen molar-refractivity contribution in [2.45, 2.75) is 11.9 Å². The first-order valence-corrected chi connectivity index (χ1v) is 7.90. The maximum absolute atomic E-state index is 12.0. The van der Waals surface area contributed by atoms with Crippen LogP contribution in [0.25, 0.3) is 0 Å². The number of imidazole rings is 1. The third kappa shape index (κ3) is 3.75. The van der Waals surface area contributed by atoms with Gasteiger partial charge in [0.05, 0.1) is 0 Å². The van der Waals surface area contributed by atoms with Gasteiger partial charge in [0.25, 0.3) is 10.0 Å². The first-order valence-electron chi connectivity index (χ1n) is 6.42. The smallest absolute Gasteiger partial charge is 0.259 e. The zero-order valence-electron chi connectivity index (χ0n) is 11.4. The molecule has 2 N–H and O–H groups in total. The van der Waals surface area contributed by atoms with Gasteiger partial charge in [0.1, 0.15) is 5.82 Å². The summed E-state index contributed by atoms with van der Waals surface area (Å²) in [5.74, 6) is 0.683. The van der Waals surface area contributed by atoms with Gasteiger partial charge in [-0.15, -0.1) is 0 Å². The third-order valence-electron chi connectivity index (χ3n) is 3.29. The summed E-state index contributed by atoms with van der Waals surface area (Å²) in [5.41, 5.74) is 0. The van der Waals surface area contributed by atoms with E-state index in [2.05, 4.69) is 19.9 Å². The molecule has 0 aromatic carbocycles. The van der Waals surface area contributed by atoms with Crippen molar-refractivity contribution in [3.05, 3.63) is 12.0 Å². The molecule has 8 heteroatoms. The molecule has 2 heterocycles. The van der Waals surface area contributed by atoms with Crippen molar-refractivity contribution in [2.24, 2.45) is 7.05 Å². The van der Waals surface area contributed by atoms with Gasteiger partial charge in [0.15, 0.2) is 5.03 Å². The minimum Gasteiger partial charge on any atom is -0.337 e. The third-order valence-corrected chi connectivity index (χ3v) is 4.62. The van der Waals surface area contributed by atoms with E-state index < -0.39 is 10.0 Å². The zero-order valence-corrected chi connectivity index (χ0v) is 12.2. The number of nitrogens with zero attached hydrogens (tertiary/aromatic N) is 3. The van der Waals surface area contributed by atoms with Gasteiger partial charge < -0.3 is 9.88 Å². The standard InChI is InChI=1S/C11H21N5O2S/c1-10-14-11(9-15(10)2)19(17,18)13-5-8-16-6-3-12-4-7-16/h9,12-13H,3-8H2,1-2H3. The van der Waals surface area contributed by atoms with Crippen LogP contribution in [0.1, 0.15) is 5.82 Å². The molecule has 7 nitrogen and oxygen atoms in total. The second-order valence-corrected chi connectivity index (χ2v) is 6.44. The molecular formula is C11H21N5O2S. The van der Waals surface area contributed by atoms with E-state index in [1.54, 1.807) is 18.5 Å². The van der Waals surface area contributed by atoms with Gasteiger partial charge in [-0.25, -0.2) is 18.1 Å². The van der Waals surface area contributed by atoms with E-state index in [9.17, 15) is 8.42 Å². The normalized spacial score (nSPS) is 17.8. The Morgan fingerprint density at radius 3 is 2.68 bits per heavy atom. The summed E-state index contributed by atoms with van der Waals surface area (Å²) >= 11 is 0. The van der Waals surface area contributed by atoms with Gasteiger partial charge in [-0.2, -0.15) is 0 Å². The highest BCUT2D eigenvalue weighted by Gasteiger charge is 2.18. The number of hydrogen-bond donors (Lipinski definition) is 2. The van der Waals surface area contributed by atoms with Gasteiger partial charge in [-0.1, -0.05) is 0 Å². The molecular weight excluding hydrogens is 266 g/mol. The highest BCUT2D eigenvalue weighted by atomic mass is 32.2. The molecule has 108 valence electrons. The molecule has 1 aliphatic heterocycles. The van der Waals surface area contributed by atoms with Crippen molar-refractivity contribution in [1.82, 2.24) is 24.5 Å². The summed E-state index contributed by atoms with van der Waals surface area (Å²) in [4.78, 5) is 6.28. The molecule has 1 aromatic rings. The van der Waals surface area contributed by atoms with Crippen molar-refractivity contribution >= 4 is 10.0 Å². The van der Waals surface area contributed by atoms with Crippen LogP contribution in [-0.4, -0.2) is 62.1 Å². The lowest BCUT2D eigenvalue weighted by molar-refractivity contribution is 0.245. The lowest BCUT2D eigenvalue weighted by Gasteiger charge is -2.26. The van der Waals surface area contributed by atoms with Gasteiger partial charge in [0.2, 0.25) is 0 Å². The number of aromatic nitrogens is 2. The molecule has 0 radical (unpaired) electrons. The number of sulfonamides is 1. The summed E-state index contributed by atoms with van der Waals surface area (Å²) < 4.78 is 28.3. The zero-order chi connectivity index (χ0) is 13.9. The summed E-state index contributed by atoms with van der Waals surface area (Å²) in [6.45, 7) is 6.78. The summed E-state index contributed by atoms with van der Waals surface area (Å²) in [6, 6.07) is 0. The van der Waals surface area contributed by atoms with Crippen LogP contribution in [0.5, 0.6) is 0 Å². The monoisotopic (exact) mass is 287 g/mol. The topological polar surface area (TPSA) is 79.3 Å². The van der Waals surface area contributed by atoms with Crippen LogP contribution >= 0.6 is 0 Å². The fraction of sp³-hybridized carbons (Fsp3) is 0.727. The van der Waals surface area contributed by atoms with Crippen molar-refractivity contribution in [3.8, 4) is 0 Å². The molecule has 0 saturated carbocycles. The van der Waals surface area contributed by atoms with Crippen molar-refractivity contribution < 1.29 is 8.42 Å². The fourth-order valence-electron chi connectivity index (χ4n) is 2.00. The molecule has 0 aliphatic carbocycles. The van der Waals surface area contributed by atoms with E-state index in [-0.39, 0.29) is 5.03 Å². The largest absolute Gasteiger partial charge is 0.337 e. The molecule has 1 saturated heterocycles. The lowest BCUT2D eigenvalue weighted by Crippen LogP contribution is -2.46. The first kappa shape index (κ1) is 14.4. The van der Waals surface area contributed by atoms with E-state index in [1.807, 2.05) is 0 Å². The van der Waals surface area contributed by atoms with Crippen LogP contribution in [-0.2, 0) is 17.1 Å². The maximum Gasteiger partial charge on any atom is 0.259 e. The second-order valence-electron chi connectivity index (χ2n) is 4.73. The quantitative estimate of drug-likeness (QED) is 0.719. The molecule has 1 fully saturated rings. The van der Waals surface area contributed by atoms with E-state index >= 15 is 0 Å². The van der Waals surface area contributed by atoms with E-state index in [0.717, 1.165) is 32.7 Å².